The van der Waals surface area contributed by atoms with Gasteiger partial charge >= 0.3 is 0 Å². The number of aromatic nitrogens is 3. The third-order valence-corrected chi connectivity index (χ3v) is 10.9. The Morgan fingerprint density at radius 2 is 0.759 bits per heavy atom. The minimum Gasteiger partial charge on any atom is -0.457 e. The number of para-hydroxylation sites is 1. The molecule has 0 saturated carbocycles. The summed E-state index contributed by atoms with van der Waals surface area (Å²) >= 11 is 0. The minimum absolute atomic E-state index is 0.564. The molecule has 0 fully saturated rings. The Kier molecular flexibility index (Phi) is 8.70. The third kappa shape index (κ3) is 6.10. The first-order chi connectivity index (χ1) is 28.7. The molecule has 0 radical (unpaired) electrons. The fraction of sp³-hybridized carbons (Fsp3) is 0.0189. The van der Waals surface area contributed by atoms with E-state index < -0.39 is 5.41 Å². The number of benzene rings is 8. The number of nitriles is 1. The van der Waals surface area contributed by atoms with Gasteiger partial charge in [0.1, 0.15) is 11.5 Å². The summed E-state index contributed by atoms with van der Waals surface area (Å²) in [6, 6.07) is 72.8. The molecule has 5 nitrogen and oxygen atoms in total. The highest BCUT2D eigenvalue weighted by atomic mass is 16.5. The lowest BCUT2D eigenvalue weighted by Crippen LogP contribution is -2.34. The van der Waals surface area contributed by atoms with Gasteiger partial charge in [-0.3, -0.25) is 0 Å². The molecule has 0 saturated heterocycles. The summed E-state index contributed by atoms with van der Waals surface area (Å²) in [6.45, 7) is 0. The van der Waals surface area contributed by atoms with Crippen LogP contribution in [0.5, 0.6) is 11.5 Å². The average molecular weight is 743 g/mol. The van der Waals surface area contributed by atoms with Crippen molar-refractivity contribution in [3.63, 3.8) is 0 Å². The Hall–Kier alpha value is -7.94. The maximum Gasteiger partial charge on any atom is 0.164 e. The van der Waals surface area contributed by atoms with E-state index in [-0.39, 0.29) is 0 Å². The van der Waals surface area contributed by atoms with E-state index >= 15 is 0 Å². The topological polar surface area (TPSA) is 71.7 Å². The maximum absolute atomic E-state index is 9.21. The van der Waals surface area contributed by atoms with Crippen molar-refractivity contribution in [2.45, 2.75) is 5.41 Å². The van der Waals surface area contributed by atoms with Crippen LogP contribution >= 0.6 is 0 Å². The van der Waals surface area contributed by atoms with Crippen LogP contribution < -0.4 is 4.74 Å². The van der Waals surface area contributed by atoms with Crippen LogP contribution in [0.2, 0.25) is 0 Å². The van der Waals surface area contributed by atoms with E-state index in [2.05, 4.69) is 140 Å². The number of hydrogen-bond acceptors (Lipinski definition) is 5. The van der Waals surface area contributed by atoms with Crippen molar-refractivity contribution in [3.05, 3.63) is 234 Å². The standard InChI is InChI=1S/C53H34N4O/c54-35-36-20-22-37(23-21-36)38-24-28-41(29-25-38)51-55-50(40-12-4-1-5-13-40)56-52(57-51)42-30-26-39(27-31-42)43-32-33-47-49(34-43)58-48-19-11-10-18-46(48)53(47,44-14-6-2-7-15-44)45-16-8-3-9-17-45/h1-34H. The summed E-state index contributed by atoms with van der Waals surface area (Å²) in [7, 11) is 0. The summed E-state index contributed by atoms with van der Waals surface area (Å²) in [6.07, 6.45) is 0. The van der Waals surface area contributed by atoms with Gasteiger partial charge < -0.3 is 4.74 Å². The van der Waals surface area contributed by atoms with Crippen molar-refractivity contribution in [3.8, 4) is 74.0 Å². The lowest BCUT2D eigenvalue weighted by atomic mass is 9.63. The molecule has 1 aliphatic heterocycles. The van der Waals surface area contributed by atoms with Crippen molar-refractivity contribution >= 4 is 0 Å². The normalized spacial score (nSPS) is 12.4. The summed E-state index contributed by atoms with van der Waals surface area (Å²) < 4.78 is 6.74. The van der Waals surface area contributed by atoms with Gasteiger partial charge in [0.05, 0.1) is 17.0 Å². The molecule has 5 heteroatoms. The highest BCUT2D eigenvalue weighted by Crippen LogP contribution is 2.55. The van der Waals surface area contributed by atoms with E-state index in [1.165, 1.54) is 11.1 Å². The molecule has 1 aliphatic rings. The molecular weight excluding hydrogens is 709 g/mol. The van der Waals surface area contributed by atoms with Gasteiger partial charge in [0.15, 0.2) is 17.5 Å². The predicted octanol–water partition coefficient (Wildman–Crippen LogP) is 12.6. The summed E-state index contributed by atoms with van der Waals surface area (Å²) in [5.41, 5.74) is 11.5. The van der Waals surface area contributed by atoms with Gasteiger partial charge in [-0.25, -0.2) is 15.0 Å². The number of hydrogen-bond donors (Lipinski definition) is 0. The van der Waals surface area contributed by atoms with Crippen LogP contribution in [0, 0.1) is 11.3 Å². The Morgan fingerprint density at radius 3 is 1.29 bits per heavy atom. The lowest BCUT2D eigenvalue weighted by Gasteiger charge is -2.41. The van der Waals surface area contributed by atoms with E-state index in [0.717, 1.165) is 61.6 Å². The van der Waals surface area contributed by atoms with E-state index in [0.29, 0.717) is 23.0 Å². The second kappa shape index (κ2) is 14.6. The molecule has 10 rings (SSSR count). The van der Waals surface area contributed by atoms with Gasteiger partial charge in [-0.15, -0.1) is 0 Å². The molecule has 58 heavy (non-hydrogen) atoms. The van der Waals surface area contributed by atoms with Crippen LogP contribution in [0.15, 0.2) is 206 Å². The number of fused-ring (bicyclic) bond motifs is 2. The molecule has 0 aliphatic carbocycles. The molecule has 0 spiro atoms. The predicted molar refractivity (Wildman–Crippen MR) is 230 cm³/mol. The molecule has 0 N–H and O–H groups in total. The number of nitrogens with zero attached hydrogens (tertiary/aromatic N) is 4. The minimum atomic E-state index is -0.564. The molecule has 272 valence electrons. The fourth-order valence-corrected chi connectivity index (χ4v) is 8.10. The van der Waals surface area contributed by atoms with Crippen molar-refractivity contribution < 1.29 is 4.74 Å². The Labute approximate surface area is 337 Å². The summed E-state index contributed by atoms with van der Waals surface area (Å²) in [5, 5.41) is 9.21. The SMILES string of the molecule is N#Cc1ccc(-c2ccc(-c3nc(-c4ccccc4)nc(-c4ccc(-c5ccc6c(c5)Oc5ccccc5C6(c5ccccc5)c5ccccc5)cc4)n3)cc2)cc1. The van der Waals surface area contributed by atoms with Crippen LogP contribution in [0.1, 0.15) is 27.8 Å². The zero-order valence-electron chi connectivity index (χ0n) is 31.3. The first-order valence-electron chi connectivity index (χ1n) is 19.2. The Morgan fingerprint density at radius 1 is 0.362 bits per heavy atom. The van der Waals surface area contributed by atoms with Crippen LogP contribution in [0.3, 0.4) is 0 Å². The molecule has 0 amide bonds. The van der Waals surface area contributed by atoms with Crippen LogP contribution in [0.25, 0.3) is 56.4 Å². The van der Waals surface area contributed by atoms with Crippen LogP contribution in [0.4, 0.5) is 0 Å². The average Bonchev–Trinajstić information content (AvgIpc) is 3.31. The van der Waals surface area contributed by atoms with Crippen LogP contribution in [-0.4, -0.2) is 15.0 Å². The third-order valence-electron chi connectivity index (χ3n) is 10.9. The number of ether oxygens (including phenoxy) is 1. The van der Waals surface area contributed by atoms with Gasteiger partial charge in [-0.1, -0.05) is 182 Å². The van der Waals surface area contributed by atoms with Gasteiger partial charge in [0, 0.05) is 27.8 Å². The van der Waals surface area contributed by atoms with Crippen molar-refractivity contribution in [2.24, 2.45) is 0 Å². The highest BCUT2D eigenvalue weighted by Gasteiger charge is 2.45. The first-order valence-corrected chi connectivity index (χ1v) is 19.2. The highest BCUT2D eigenvalue weighted by molar-refractivity contribution is 5.76. The van der Waals surface area contributed by atoms with Gasteiger partial charge in [-0.2, -0.15) is 5.26 Å². The molecule has 9 aromatic rings. The van der Waals surface area contributed by atoms with Crippen LogP contribution in [-0.2, 0) is 5.41 Å². The van der Waals surface area contributed by atoms with Gasteiger partial charge in [0.2, 0.25) is 0 Å². The number of rotatable bonds is 7. The molecule has 8 aromatic carbocycles. The quantitative estimate of drug-likeness (QED) is 0.163. The molecule has 2 heterocycles. The first kappa shape index (κ1) is 34.5. The van der Waals surface area contributed by atoms with Crippen molar-refractivity contribution in [1.29, 1.82) is 5.26 Å². The van der Waals surface area contributed by atoms with E-state index in [9.17, 15) is 5.26 Å². The Bertz CT molecular complexity index is 2900. The van der Waals surface area contributed by atoms with Gasteiger partial charge in [0.25, 0.3) is 0 Å². The van der Waals surface area contributed by atoms with E-state index in [1.807, 2.05) is 72.8 Å². The molecule has 0 atom stereocenters. The maximum atomic E-state index is 9.21. The van der Waals surface area contributed by atoms with E-state index in [1.54, 1.807) is 0 Å². The fourth-order valence-electron chi connectivity index (χ4n) is 8.10. The molecule has 1 aromatic heterocycles. The largest absolute Gasteiger partial charge is 0.457 e. The van der Waals surface area contributed by atoms with Crippen molar-refractivity contribution in [2.75, 3.05) is 0 Å². The molecule has 0 bridgehead atoms. The van der Waals surface area contributed by atoms with Crippen molar-refractivity contribution in [1.82, 2.24) is 15.0 Å². The molecular formula is C53H34N4O. The molecule has 0 unspecified atom stereocenters. The van der Waals surface area contributed by atoms with E-state index in [4.69, 9.17) is 19.7 Å². The zero-order valence-corrected chi connectivity index (χ0v) is 31.3. The zero-order chi connectivity index (χ0) is 38.9. The second-order valence-corrected chi connectivity index (χ2v) is 14.3. The smallest absolute Gasteiger partial charge is 0.164 e. The monoisotopic (exact) mass is 742 g/mol. The Balaban J connectivity index is 1.03. The summed E-state index contributed by atoms with van der Waals surface area (Å²) in [5.74, 6) is 3.46. The second-order valence-electron chi connectivity index (χ2n) is 14.3. The summed E-state index contributed by atoms with van der Waals surface area (Å²) in [4.78, 5) is 14.9. The van der Waals surface area contributed by atoms with Gasteiger partial charge in [-0.05, 0) is 57.6 Å². The lowest BCUT2D eigenvalue weighted by molar-refractivity contribution is 0.435.